The molecule has 0 aliphatic heterocycles. The summed E-state index contributed by atoms with van der Waals surface area (Å²) in [5.74, 6) is 0. The molecule has 0 spiro atoms. The molecule has 0 saturated heterocycles. The number of hydrogen-bond donors (Lipinski definition) is 0. The van der Waals surface area contributed by atoms with E-state index < -0.39 is 0 Å². The normalized spacial score (nSPS) is 16.3. The molecule has 2 heterocycles. The quantitative estimate of drug-likeness (QED) is 0.573. The van der Waals surface area contributed by atoms with Gasteiger partial charge in [0.2, 0.25) is 0 Å². The first-order valence-corrected chi connectivity index (χ1v) is 9.07. The first-order chi connectivity index (χ1) is 10.4. The van der Waals surface area contributed by atoms with Crippen LogP contribution in [0.25, 0.3) is 0 Å². The van der Waals surface area contributed by atoms with E-state index in [0.29, 0.717) is 6.67 Å². The summed E-state index contributed by atoms with van der Waals surface area (Å²) in [6.07, 6.45) is 21.3. The number of aromatic nitrogens is 4. The summed E-state index contributed by atoms with van der Waals surface area (Å²) in [7, 11) is 4.57. The second-order valence-electron chi connectivity index (χ2n) is 4.33. The Labute approximate surface area is 140 Å². The van der Waals surface area contributed by atoms with Gasteiger partial charge in [-0.3, -0.25) is 9.36 Å². The van der Waals surface area contributed by atoms with Crippen LogP contribution in [0.1, 0.15) is 25.7 Å². The number of nitrogens with zero attached hydrogens (tertiary/aromatic N) is 4. The summed E-state index contributed by atoms with van der Waals surface area (Å²) in [6, 6.07) is 3.78. The fraction of sp³-hybridized carbons (Fsp3) is 0.333. The van der Waals surface area contributed by atoms with Crippen molar-refractivity contribution in [2.75, 3.05) is 0 Å². The molecule has 0 atom stereocenters. The van der Waals surface area contributed by atoms with Gasteiger partial charge in [0.25, 0.3) is 0 Å². The van der Waals surface area contributed by atoms with Gasteiger partial charge >= 0.3 is 27.0 Å². The van der Waals surface area contributed by atoms with E-state index in [1.807, 2.05) is 51.2 Å². The van der Waals surface area contributed by atoms with Gasteiger partial charge in [-0.2, -0.15) is 10.2 Å². The smallest absolute Gasteiger partial charge is 0.133 e. The molecule has 0 aromatic carbocycles. The molecule has 1 aliphatic carbocycles. The van der Waals surface area contributed by atoms with Gasteiger partial charge < -0.3 is 0 Å². The molecule has 115 valence electrons. The van der Waals surface area contributed by atoms with Crippen LogP contribution in [0.15, 0.2) is 61.2 Å². The standard InChI is InChI=1S/C8H12.C7H8N4.ClH.Ru/c1-2-4-6-8-7-5-3-1;1-3-8-10(5-1)7-11-6-2-4-9-11;;/h1-2,7-8H,3-6H2;1-6H,7H2;1H;/q;;;+1/p-1/b2-1-,8-7-;;;. The van der Waals surface area contributed by atoms with Crippen LogP contribution in [0.2, 0.25) is 0 Å². The third-order valence-electron chi connectivity index (χ3n) is 2.74. The number of halogens is 1. The molecule has 0 bridgehead atoms. The number of allylic oxidation sites excluding steroid dienone is 4. The minimum absolute atomic E-state index is 0.681. The molecule has 2 aromatic rings. The molecule has 21 heavy (non-hydrogen) atoms. The second-order valence-corrected chi connectivity index (χ2v) is 4.33. The average Bonchev–Trinajstić information content (AvgIpc) is 3.15. The second kappa shape index (κ2) is 12.5. The van der Waals surface area contributed by atoms with Gasteiger partial charge in [-0.25, -0.2) is 0 Å². The summed E-state index contributed by atoms with van der Waals surface area (Å²) >= 11 is 1.82. The van der Waals surface area contributed by atoms with Gasteiger partial charge in [-0.05, 0) is 37.8 Å². The van der Waals surface area contributed by atoms with E-state index in [1.165, 1.54) is 25.7 Å². The summed E-state index contributed by atoms with van der Waals surface area (Å²) in [5, 5.41) is 8.09. The van der Waals surface area contributed by atoms with Crippen molar-refractivity contribution in [3.8, 4) is 0 Å². The van der Waals surface area contributed by atoms with E-state index in [1.54, 1.807) is 12.4 Å². The van der Waals surface area contributed by atoms with Crippen molar-refractivity contribution < 1.29 is 17.3 Å². The predicted molar refractivity (Wildman–Crippen MR) is 82.5 cm³/mol. The number of rotatable bonds is 2. The van der Waals surface area contributed by atoms with Crippen molar-refractivity contribution in [2.45, 2.75) is 32.4 Å². The summed E-state index contributed by atoms with van der Waals surface area (Å²) in [4.78, 5) is 0. The van der Waals surface area contributed by atoms with E-state index in [-0.39, 0.29) is 0 Å². The van der Waals surface area contributed by atoms with Crippen molar-refractivity contribution in [3.05, 3.63) is 61.2 Å². The van der Waals surface area contributed by atoms with Crippen LogP contribution >= 0.6 is 9.69 Å². The fourth-order valence-corrected chi connectivity index (χ4v) is 1.77. The Kier molecular flexibility index (Phi) is 10.7. The molecule has 2 aromatic heterocycles. The van der Waals surface area contributed by atoms with Gasteiger partial charge in [0.15, 0.2) is 0 Å². The van der Waals surface area contributed by atoms with Crippen LogP contribution in [0.3, 0.4) is 0 Å². The van der Waals surface area contributed by atoms with E-state index >= 15 is 0 Å². The maximum absolute atomic E-state index is 4.57. The molecule has 4 nitrogen and oxygen atoms in total. The minimum atomic E-state index is 0.681. The van der Waals surface area contributed by atoms with Crippen molar-refractivity contribution in [1.82, 2.24) is 19.6 Å². The van der Waals surface area contributed by atoms with Crippen molar-refractivity contribution in [1.29, 1.82) is 0 Å². The Balaban J connectivity index is 0.000000196. The third-order valence-corrected chi connectivity index (χ3v) is 2.74. The molecular weight excluding hydrogens is 373 g/mol. The maximum Gasteiger partial charge on any atom is 0.133 e. The van der Waals surface area contributed by atoms with Crippen molar-refractivity contribution >= 4 is 9.69 Å². The van der Waals surface area contributed by atoms with Crippen LogP contribution < -0.4 is 0 Å². The van der Waals surface area contributed by atoms with Gasteiger partial charge in [0, 0.05) is 24.8 Å². The Morgan fingerprint density at radius 1 is 0.762 bits per heavy atom. The zero-order valence-corrected chi connectivity index (χ0v) is 14.3. The maximum atomic E-state index is 4.57. The van der Waals surface area contributed by atoms with E-state index in [2.05, 4.69) is 44.2 Å². The van der Waals surface area contributed by atoms with E-state index in [9.17, 15) is 0 Å². The zero-order valence-electron chi connectivity index (χ0n) is 11.8. The molecule has 0 saturated carbocycles. The van der Waals surface area contributed by atoms with Crippen LogP contribution in [-0.2, 0) is 24.0 Å². The monoisotopic (exact) mass is 393 g/mol. The van der Waals surface area contributed by atoms with Crippen LogP contribution in [0.5, 0.6) is 0 Å². The minimum Gasteiger partial charge on any atom is -0.251 e. The first kappa shape index (κ1) is 17.9. The Morgan fingerprint density at radius 3 is 1.43 bits per heavy atom. The van der Waals surface area contributed by atoms with Crippen molar-refractivity contribution in [2.24, 2.45) is 0 Å². The summed E-state index contributed by atoms with van der Waals surface area (Å²) in [5.41, 5.74) is 0. The molecular formula is C15H20ClN4Ru. The van der Waals surface area contributed by atoms with Gasteiger partial charge in [0.05, 0.1) is 0 Å². The molecule has 3 rings (SSSR count). The zero-order chi connectivity index (χ0) is 15.2. The summed E-state index contributed by atoms with van der Waals surface area (Å²) in [6.45, 7) is 0.681. The first-order valence-electron chi connectivity index (χ1n) is 6.83. The predicted octanol–water partition coefficient (Wildman–Crippen LogP) is 3.95. The molecule has 1 aliphatic rings. The topological polar surface area (TPSA) is 35.6 Å². The fourth-order valence-electron chi connectivity index (χ4n) is 1.77. The van der Waals surface area contributed by atoms with Crippen LogP contribution in [0.4, 0.5) is 0 Å². The third kappa shape index (κ3) is 8.64. The van der Waals surface area contributed by atoms with Crippen molar-refractivity contribution in [3.63, 3.8) is 0 Å². The van der Waals surface area contributed by atoms with Gasteiger partial charge in [0.1, 0.15) is 6.67 Å². The van der Waals surface area contributed by atoms with E-state index in [0.717, 1.165) is 0 Å². The van der Waals surface area contributed by atoms with Crippen LogP contribution in [0, 0.1) is 0 Å². The van der Waals surface area contributed by atoms with E-state index in [4.69, 9.17) is 0 Å². The molecule has 0 fully saturated rings. The van der Waals surface area contributed by atoms with Crippen LogP contribution in [-0.4, -0.2) is 19.6 Å². The Bertz CT molecular complexity index is 433. The average molecular weight is 393 g/mol. The molecule has 0 radical (unpaired) electrons. The van der Waals surface area contributed by atoms with Gasteiger partial charge in [-0.1, -0.05) is 24.3 Å². The molecule has 0 unspecified atom stereocenters. The SMILES string of the molecule is C1=C\CC/C=C\CC/1.[Cl][Ru].c1cnn(Cn2cccn2)c1. The molecule has 0 N–H and O–H groups in total. The number of hydrogen-bond acceptors (Lipinski definition) is 2. The molecule has 6 heteroatoms. The Hall–Kier alpha value is -1.19. The molecule has 0 amide bonds. The van der Waals surface area contributed by atoms with Gasteiger partial charge in [-0.15, -0.1) is 0 Å². The largest absolute Gasteiger partial charge is 0.251 e. The summed E-state index contributed by atoms with van der Waals surface area (Å²) < 4.78 is 3.62. The Morgan fingerprint density at radius 2 is 1.14 bits per heavy atom.